The number of aryl methyl sites for hydroxylation is 1. The summed E-state index contributed by atoms with van der Waals surface area (Å²) in [7, 11) is 0. The summed E-state index contributed by atoms with van der Waals surface area (Å²) in [4.78, 5) is 44.5. The first-order valence-electron chi connectivity index (χ1n) is 11.6. The first kappa shape index (κ1) is 22.8. The number of nitrogens with zero attached hydrogens (tertiary/aromatic N) is 1. The molecule has 2 amide bonds. The second-order valence-corrected chi connectivity index (χ2v) is 11.1. The van der Waals surface area contributed by atoms with E-state index in [0.717, 1.165) is 27.3 Å². The van der Waals surface area contributed by atoms with E-state index in [0.29, 0.717) is 23.1 Å². The number of carbonyl (C=O) groups excluding carboxylic acids is 2. The van der Waals surface area contributed by atoms with Gasteiger partial charge < -0.3 is 9.72 Å². The van der Waals surface area contributed by atoms with Gasteiger partial charge in [0, 0.05) is 16.4 Å². The number of thiazole rings is 1. The van der Waals surface area contributed by atoms with Crippen molar-refractivity contribution < 1.29 is 14.3 Å². The lowest BCUT2D eigenvalue weighted by atomic mass is 9.82. The van der Waals surface area contributed by atoms with Gasteiger partial charge in [-0.2, -0.15) is 0 Å². The summed E-state index contributed by atoms with van der Waals surface area (Å²) in [5, 5.41) is 0.0197. The topological polar surface area (TPSA) is 79.5 Å². The Kier molecular flexibility index (Phi) is 5.78. The van der Waals surface area contributed by atoms with Crippen molar-refractivity contribution >= 4 is 40.6 Å². The fourth-order valence-corrected chi connectivity index (χ4v) is 7.40. The van der Waals surface area contributed by atoms with Crippen molar-refractivity contribution in [2.24, 2.45) is 5.92 Å². The van der Waals surface area contributed by atoms with Crippen LogP contribution in [-0.4, -0.2) is 22.0 Å². The molecule has 180 valence electrons. The number of amides is 2. The summed E-state index contributed by atoms with van der Waals surface area (Å²) in [5.41, 5.74) is 3.56. The van der Waals surface area contributed by atoms with E-state index in [2.05, 4.69) is 4.98 Å². The van der Waals surface area contributed by atoms with Crippen molar-refractivity contribution in [2.75, 3.05) is 4.90 Å². The van der Waals surface area contributed by atoms with Gasteiger partial charge in [-0.3, -0.25) is 14.4 Å². The lowest BCUT2D eigenvalue weighted by Gasteiger charge is -2.30. The summed E-state index contributed by atoms with van der Waals surface area (Å²) >= 11 is 2.37. The molecule has 0 aliphatic carbocycles. The Labute approximate surface area is 215 Å². The molecule has 0 spiro atoms. The van der Waals surface area contributed by atoms with Gasteiger partial charge in [-0.1, -0.05) is 89.3 Å². The Balaban J connectivity index is 1.42. The maximum atomic E-state index is 13.8. The molecule has 3 aromatic carbocycles. The summed E-state index contributed by atoms with van der Waals surface area (Å²) in [5.74, 6) is -1.00. The molecule has 1 aromatic heterocycles. The molecule has 8 heteroatoms. The van der Waals surface area contributed by atoms with Crippen LogP contribution in [0.4, 0.5) is 5.69 Å². The number of thioether (sulfide) groups is 1. The first-order valence-corrected chi connectivity index (χ1v) is 13.3. The molecule has 0 saturated carbocycles. The minimum atomic E-state index is -0.647. The summed E-state index contributed by atoms with van der Waals surface area (Å²) in [6.45, 7) is 2.40. The molecule has 6 rings (SSSR count). The van der Waals surface area contributed by atoms with Crippen molar-refractivity contribution in [3.63, 3.8) is 0 Å². The molecule has 1 saturated heterocycles. The van der Waals surface area contributed by atoms with E-state index in [-0.39, 0.29) is 16.7 Å². The zero-order valence-electron chi connectivity index (χ0n) is 19.3. The number of benzene rings is 3. The number of para-hydroxylation sites is 2. The van der Waals surface area contributed by atoms with Crippen molar-refractivity contribution in [3.05, 3.63) is 110 Å². The van der Waals surface area contributed by atoms with Crippen LogP contribution in [0.25, 0.3) is 0 Å². The number of hydrogen-bond donors (Lipinski definition) is 1. The summed E-state index contributed by atoms with van der Waals surface area (Å²) < 4.78 is 6.26. The number of aromatic nitrogens is 1. The molecule has 1 fully saturated rings. The van der Waals surface area contributed by atoms with Gasteiger partial charge in [0.25, 0.3) is 0 Å². The smallest absolute Gasteiger partial charge is 0.305 e. The quantitative estimate of drug-likeness (QED) is 0.374. The lowest BCUT2D eigenvalue weighted by molar-refractivity contribution is -0.122. The van der Waals surface area contributed by atoms with Crippen LogP contribution in [-0.2, 0) is 16.2 Å². The zero-order valence-corrected chi connectivity index (χ0v) is 21.0. The van der Waals surface area contributed by atoms with Gasteiger partial charge >= 0.3 is 4.87 Å². The van der Waals surface area contributed by atoms with E-state index < -0.39 is 17.1 Å². The van der Waals surface area contributed by atoms with Gasteiger partial charge in [-0.25, -0.2) is 4.90 Å². The molecule has 36 heavy (non-hydrogen) atoms. The van der Waals surface area contributed by atoms with Crippen molar-refractivity contribution in [2.45, 2.75) is 29.7 Å². The molecule has 4 aromatic rings. The highest BCUT2D eigenvalue weighted by Gasteiger charge is 2.56. The average Bonchev–Trinajstić information content (AvgIpc) is 3.38. The Morgan fingerprint density at radius 3 is 2.39 bits per heavy atom. The number of aromatic amines is 1. The molecule has 2 aliphatic rings. The third kappa shape index (κ3) is 3.86. The first-order chi connectivity index (χ1) is 17.5. The standard InChI is InChI=1S/C28H22N2O4S2/c1-16-11-13-17(14-12-16)15-34-20-10-6-5-9-19(20)21-22-24(35-25-23(21)36-28(33)29-25)27(32)30(26(22)31)18-7-3-2-4-8-18/h2-14,21-22,24H,15H2,1H3,(H,29,33). The molecule has 3 unspecified atom stereocenters. The number of nitrogens with one attached hydrogen (secondary N) is 1. The minimum Gasteiger partial charge on any atom is -0.489 e. The number of H-pyrrole nitrogens is 1. The number of rotatable bonds is 5. The van der Waals surface area contributed by atoms with Gasteiger partial charge in [-0.05, 0) is 30.7 Å². The van der Waals surface area contributed by atoms with Gasteiger partial charge in [-0.15, -0.1) is 0 Å². The molecule has 0 radical (unpaired) electrons. The van der Waals surface area contributed by atoms with Crippen LogP contribution in [0.1, 0.15) is 27.5 Å². The number of fused-ring (bicyclic) bond motifs is 2. The number of ether oxygens (including phenoxy) is 1. The largest absolute Gasteiger partial charge is 0.489 e. The summed E-state index contributed by atoms with van der Waals surface area (Å²) in [6, 6.07) is 24.7. The molecule has 2 aliphatic heterocycles. The van der Waals surface area contributed by atoms with E-state index in [1.54, 1.807) is 12.1 Å². The normalized spacial score (nSPS) is 20.8. The molecule has 3 heterocycles. The fourth-order valence-electron chi connectivity index (χ4n) is 4.90. The van der Waals surface area contributed by atoms with Crippen LogP contribution in [0.5, 0.6) is 5.75 Å². The maximum Gasteiger partial charge on any atom is 0.305 e. The highest BCUT2D eigenvalue weighted by atomic mass is 32.2. The van der Waals surface area contributed by atoms with Crippen LogP contribution in [0.2, 0.25) is 0 Å². The third-order valence-electron chi connectivity index (χ3n) is 6.61. The van der Waals surface area contributed by atoms with Gasteiger partial charge in [0.1, 0.15) is 17.6 Å². The van der Waals surface area contributed by atoms with E-state index in [1.807, 2.05) is 73.7 Å². The molecule has 3 atom stereocenters. The van der Waals surface area contributed by atoms with Crippen LogP contribution in [0, 0.1) is 12.8 Å². The Morgan fingerprint density at radius 2 is 1.61 bits per heavy atom. The third-order valence-corrected chi connectivity index (χ3v) is 9.01. The van der Waals surface area contributed by atoms with Crippen LogP contribution >= 0.6 is 23.1 Å². The fraction of sp³-hybridized carbons (Fsp3) is 0.179. The van der Waals surface area contributed by atoms with Crippen LogP contribution < -0.4 is 14.5 Å². The Bertz CT molecular complexity index is 1510. The number of hydrogen-bond acceptors (Lipinski definition) is 6. The van der Waals surface area contributed by atoms with Crippen molar-refractivity contribution in [1.29, 1.82) is 0 Å². The SMILES string of the molecule is Cc1ccc(COc2ccccc2C2c3sc(=O)[nH]c3SC3C(=O)N(c4ccccc4)C(=O)C32)cc1. The number of imide groups is 1. The molecular weight excluding hydrogens is 492 g/mol. The van der Waals surface area contributed by atoms with Crippen LogP contribution in [0.3, 0.4) is 0 Å². The second kappa shape index (κ2) is 9.11. The van der Waals surface area contributed by atoms with Crippen molar-refractivity contribution in [3.8, 4) is 5.75 Å². The minimum absolute atomic E-state index is 0.199. The Morgan fingerprint density at radius 1 is 0.889 bits per heavy atom. The molecule has 0 bridgehead atoms. The van der Waals surface area contributed by atoms with E-state index in [1.165, 1.54) is 22.2 Å². The van der Waals surface area contributed by atoms with E-state index in [9.17, 15) is 14.4 Å². The lowest BCUT2D eigenvalue weighted by Crippen LogP contribution is -2.32. The van der Waals surface area contributed by atoms with E-state index in [4.69, 9.17) is 4.74 Å². The second-order valence-electron chi connectivity index (χ2n) is 8.91. The molecule has 6 nitrogen and oxygen atoms in total. The van der Waals surface area contributed by atoms with Crippen molar-refractivity contribution in [1.82, 2.24) is 4.98 Å². The van der Waals surface area contributed by atoms with Gasteiger partial charge in [0.2, 0.25) is 11.8 Å². The summed E-state index contributed by atoms with van der Waals surface area (Å²) in [6.07, 6.45) is 0. The van der Waals surface area contributed by atoms with Gasteiger partial charge in [0.05, 0.1) is 16.6 Å². The number of carbonyl (C=O) groups is 2. The predicted molar refractivity (Wildman–Crippen MR) is 141 cm³/mol. The van der Waals surface area contributed by atoms with E-state index >= 15 is 0 Å². The average molecular weight is 515 g/mol. The highest BCUT2D eigenvalue weighted by Crippen LogP contribution is 2.54. The van der Waals surface area contributed by atoms with Crippen LogP contribution in [0.15, 0.2) is 88.7 Å². The number of anilines is 1. The van der Waals surface area contributed by atoms with Gasteiger partial charge in [0.15, 0.2) is 0 Å². The maximum absolute atomic E-state index is 13.8. The molecule has 1 N–H and O–H groups in total. The Hall–Kier alpha value is -3.62. The predicted octanol–water partition coefficient (Wildman–Crippen LogP) is 5.12. The zero-order chi connectivity index (χ0) is 24.8. The molecular formula is C28H22N2O4S2. The monoisotopic (exact) mass is 514 g/mol. The highest BCUT2D eigenvalue weighted by molar-refractivity contribution is 8.00.